The first-order valence-electron chi connectivity index (χ1n) is 5.93. The van der Waals surface area contributed by atoms with Crippen molar-refractivity contribution in [1.29, 1.82) is 0 Å². The highest BCUT2D eigenvalue weighted by molar-refractivity contribution is 5.20. The fourth-order valence-electron chi connectivity index (χ4n) is 3.32. The van der Waals surface area contributed by atoms with Gasteiger partial charge in [0, 0.05) is 0 Å². The van der Waals surface area contributed by atoms with Gasteiger partial charge in [-0.15, -0.1) is 0 Å². The van der Waals surface area contributed by atoms with Crippen molar-refractivity contribution < 1.29 is 0 Å². The smallest absolute Gasteiger partial charge is 0.0219 e. The van der Waals surface area contributed by atoms with Gasteiger partial charge in [0.05, 0.1) is 0 Å². The van der Waals surface area contributed by atoms with Crippen LogP contribution in [0.5, 0.6) is 0 Å². The SMILES string of the molecule is c1ccc(CC23CCCCC2C3)cc1. The molecule has 0 spiro atoms. The van der Waals surface area contributed by atoms with Gasteiger partial charge >= 0.3 is 0 Å². The molecule has 0 saturated heterocycles. The Morgan fingerprint density at radius 2 is 2.00 bits per heavy atom. The van der Waals surface area contributed by atoms with E-state index >= 15 is 0 Å². The third-order valence-electron chi connectivity index (χ3n) is 4.24. The molecule has 2 atom stereocenters. The van der Waals surface area contributed by atoms with Crippen LogP contribution in [0.4, 0.5) is 0 Å². The summed E-state index contributed by atoms with van der Waals surface area (Å²) < 4.78 is 0. The third-order valence-corrected chi connectivity index (χ3v) is 4.24. The van der Waals surface area contributed by atoms with Gasteiger partial charge in [-0.1, -0.05) is 43.2 Å². The molecule has 14 heavy (non-hydrogen) atoms. The summed E-state index contributed by atoms with van der Waals surface area (Å²) >= 11 is 0. The molecular weight excluding hydrogens is 168 g/mol. The molecule has 0 aliphatic heterocycles. The molecule has 2 aliphatic carbocycles. The molecule has 0 bridgehead atoms. The highest BCUT2D eigenvalue weighted by Crippen LogP contribution is 2.62. The van der Waals surface area contributed by atoms with E-state index in [9.17, 15) is 0 Å². The lowest BCUT2D eigenvalue weighted by atomic mass is 9.84. The first-order valence-corrected chi connectivity index (χ1v) is 5.93. The maximum Gasteiger partial charge on any atom is -0.0219 e. The van der Waals surface area contributed by atoms with Gasteiger partial charge < -0.3 is 0 Å². The summed E-state index contributed by atoms with van der Waals surface area (Å²) in [5, 5.41) is 0. The highest BCUT2D eigenvalue weighted by Gasteiger charge is 2.53. The molecule has 0 N–H and O–H groups in total. The Kier molecular flexibility index (Phi) is 1.90. The summed E-state index contributed by atoms with van der Waals surface area (Å²) in [5.41, 5.74) is 2.30. The van der Waals surface area contributed by atoms with Crippen LogP contribution in [0.15, 0.2) is 30.3 Å². The number of hydrogen-bond acceptors (Lipinski definition) is 0. The second-order valence-corrected chi connectivity index (χ2v) is 5.17. The molecule has 1 aromatic carbocycles. The Morgan fingerprint density at radius 1 is 1.14 bits per heavy atom. The second-order valence-electron chi connectivity index (χ2n) is 5.17. The van der Waals surface area contributed by atoms with Crippen molar-refractivity contribution in [2.24, 2.45) is 11.3 Å². The Bertz CT molecular complexity index is 314. The van der Waals surface area contributed by atoms with Crippen molar-refractivity contribution in [3.63, 3.8) is 0 Å². The zero-order valence-corrected chi connectivity index (χ0v) is 8.71. The van der Waals surface area contributed by atoms with Gasteiger partial charge in [0.25, 0.3) is 0 Å². The lowest BCUT2D eigenvalue weighted by Crippen LogP contribution is -2.12. The number of rotatable bonds is 2. The predicted molar refractivity (Wildman–Crippen MR) is 59.2 cm³/mol. The molecule has 2 saturated carbocycles. The van der Waals surface area contributed by atoms with E-state index in [0.717, 1.165) is 11.3 Å². The molecule has 3 rings (SSSR count). The van der Waals surface area contributed by atoms with Crippen LogP contribution >= 0.6 is 0 Å². The van der Waals surface area contributed by atoms with E-state index in [0.29, 0.717) is 0 Å². The molecule has 0 amide bonds. The first-order chi connectivity index (χ1) is 6.89. The van der Waals surface area contributed by atoms with Crippen LogP contribution in [-0.4, -0.2) is 0 Å². The standard InChI is InChI=1S/C14H18/c1-2-6-12(7-3-1)10-14-9-5-4-8-13(14)11-14/h1-3,6-7,13H,4-5,8-11H2. The quantitative estimate of drug-likeness (QED) is 0.659. The molecule has 0 heteroatoms. The van der Waals surface area contributed by atoms with Crippen molar-refractivity contribution in [1.82, 2.24) is 0 Å². The molecule has 2 fully saturated rings. The van der Waals surface area contributed by atoms with Gasteiger partial charge in [-0.05, 0) is 42.6 Å². The maximum atomic E-state index is 2.29. The monoisotopic (exact) mass is 186 g/mol. The molecule has 1 aromatic rings. The van der Waals surface area contributed by atoms with E-state index in [-0.39, 0.29) is 0 Å². The molecule has 74 valence electrons. The van der Waals surface area contributed by atoms with Crippen molar-refractivity contribution in [3.8, 4) is 0 Å². The van der Waals surface area contributed by atoms with E-state index in [1.54, 1.807) is 5.56 Å². The summed E-state index contributed by atoms with van der Waals surface area (Å²) in [6.45, 7) is 0. The largest absolute Gasteiger partial charge is 0.0622 e. The number of fused-ring (bicyclic) bond motifs is 1. The van der Waals surface area contributed by atoms with Crippen molar-refractivity contribution in [3.05, 3.63) is 35.9 Å². The van der Waals surface area contributed by atoms with Gasteiger partial charge in [-0.3, -0.25) is 0 Å². The minimum atomic E-state index is 0.750. The van der Waals surface area contributed by atoms with E-state index in [2.05, 4.69) is 30.3 Å². The molecule has 0 radical (unpaired) electrons. The van der Waals surface area contributed by atoms with Crippen LogP contribution in [0.1, 0.15) is 37.7 Å². The average Bonchev–Trinajstić information content (AvgIpc) is 2.93. The molecule has 0 nitrogen and oxygen atoms in total. The van der Waals surface area contributed by atoms with E-state index in [4.69, 9.17) is 0 Å². The average molecular weight is 186 g/mol. The van der Waals surface area contributed by atoms with Crippen LogP contribution in [0.3, 0.4) is 0 Å². The molecule has 0 aromatic heterocycles. The van der Waals surface area contributed by atoms with Crippen LogP contribution in [0, 0.1) is 11.3 Å². The zero-order chi connectivity index (χ0) is 9.43. The Morgan fingerprint density at radius 3 is 2.79 bits per heavy atom. The number of benzene rings is 1. The van der Waals surface area contributed by atoms with Crippen molar-refractivity contribution in [2.75, 3.05) is 0 Å². The number of hydrogen-bond donors (Lipinski definition) is 0. The minimum Gasteiger partial charge on any atom is -0.0622 e. The van der Waals surface area contributed by atoms with Gasteiger partial charge in [-0.25, -0.2) is 0 Å². The van der Waals surface area contributed by atoms with E-state index < -0.39 is 0 Å². The Balaban J connectivity index is 1.74. The van der Waals surface area contributed by atoms with Crippen molar-refractivity contribution >= 4 is 0 Å². The summed E-state index contributed by atoms with van der Waals surface area (Å²) in [4.78, 5) is 0. The van der Waals surface area contributed by atoms with E-state index in [1.807, 2.05) is 0 Å². The van der Waals surface area contributed by atoms with Crippen LogP contribution in [0.25, 0.3) is 0 Å². The molecular formula is C14H18. The first kappa shape index (κ1) is 8.52. The van der Waals surface area contributed by atoms with Crippen LogP contribution in [0.2, 0.25) is 0 Å². The summed E-state index contributed by atoms with van der Waals surface area (Å²) in [7, 11) is 0. The summed E-state index contributed by atoms with van der Waals surface area (Å²) in [5.74, 6) is 1.08. The normalized spacial score (nSPS) is 35.0. The molecule has 0 heterocycles. The van der Waals surface area contributed by atoms with Crippen LogP contribution < -0.4 is 0 Å². The van der Waals surface area contributed by atoms with Gasteiger partial charge in [0.1, 0.15) is 0 Å². The maximum absolute atomic E-state index is 2.29. The Hall–Kier alpha value is -0.780. The summed E-state index contributed by atoms with van der Waals surface area (Å²) in [6, 6.07) is 11.0. The lowest BCUT2D eigenvalue weighted by Gasteiger charge is -2.21. The third kappa shape index (κ3) is 1.37. The van der Waals surface area contributed by atoms with Gasteiger partial charge in [0.15, 0.2) is 0 Å². The van der Waals surface area contributed by atoms with E-state index in [1.165, 1.54) is 38.5 Å². The lowest BCUT2D eigenvalue weighted by molar-refractivity contribution is 0.335. The van der Waals surface area contributed by atoms with Crippen LogP contribution in [-0.2, 0) is 6.42 Å². The van der Waals surface area contributed by atoms with Gasteiger partial charge in [-0.2, -0.15) is 0 Å². The fourth-order valence-corrected chi connectivity index (χ4v) is 3.32. The second kappa shape index (κ2) is 3.12. The minimum absolute atomic E-state index is 0.750. The van der Waals surface area contributed by atoms with Crippen molar-refractivity contribution in [2.45, 2.75) is 38.5 Å². The summed E-state index contributed by atoms with van der Waals surface area (Å²) in [6.07, 6.45) is 8.82. The zero-order valence-electron chi connectivity index (χ0n) is 8.71. The predicted octanol–water partition coefficient (Wildman–Crippen LogP) is 3.81. The van der Waals surface area contributed by atoms with Gasteiger partial charge in [0.2, 0.25) is 0 Å². The highest BCUT2D eigenvalue weighted by atomic mass is 14.6. The molecule has 2 unspecified atom stereocenters. The fraction of sp³-hybridized carbons (Fsp3) is 0.571. The topological polar surface area (TPSA) is 0 Å². The Labute approximate surface area is 86.3 Å². The molecule has 2 aliphatic rings.